The van der Waals surface area contributed by atoms with Crippen LogP contribution in [-0.4, -0.2) is 40.6 Å². The van der Waals surface area contributed by atoms with E-state index in [9.17, 15) is 4.79 Å². The highest BCUT2D eigenvalue weighted by molar-refractivity contribution is 5.92. The highest BCUT2D eigenvalue weighted by Gasteiger charge is 2.37. The summed E-state index contributed by atoms with van der Waals surface area (Å²) in [6.45, 7) is 7.81. The van der Waals surface area contributed by atoms with Crippen LogP contribution in [0.2, 0.25) is 0 Å². The number of rotatable bonds is 6. The lowest BCUT2D eigenvalue weighted by molar-refractivity contribution is -0.143. The van der Waals surface area contributed by atoms with Crippen LogP contribution in [0.15, 0.2) is 35.8 Å². The fraction of sp³-hybridized carbons (Fsp3) is 0.421. The summed E-state index contributed by atoms with van der Waals surface area (Å²) >= 11 is 0. The monoisotopic (exact) mass is 372 g/mol. The van der Waals surface area contributed by atoms with E-state index < -0.39 is 12.0 Å². The van der Waals surface area contributed by atoms with Gasteiger partial charge in [0.05, 0.1) is 25.4 Å². The lowest BCUT2D eigenvalue weighted by atomic mass is 9.94. The second kappa shape index (κ2) is 7.69. The molecule has 0 amide bonds. The summed E-state index contributed by atoms with van der Waals surface area (Å²) in [7, 11) is 1.58. The van der Waals surface area contributed by atoms with Gasteiger partial charge in [0, 0.05) is 11.3 Å². The van der Waals surface area contributed by atoms with Crippen molar-refractivity contribution in [3.8, 4) is 11.5 Å². The number of hydrogen-bond acceptors (Lipinski definition) is 7. The summed E-state index contributed by atoms with van der Waals surface area (Å²) in [6.07, 6.45) is 1.20. The zero-order valence-corrected chi connectivity index (χ0v) is 16.1. The number of benzene rings is 1. The van der Waals surface area contributed by atoms with Crippen LogP contribution in [0.4, 0.5) is 5.95 Å². The zero-order valence-electron chi connectivity index (χ0n) is 16.1. The Labute approximate surface area is 158 Å². The van der Waals surface area contributed by atoms with Crippen molar-refractivity contribution in [2.45, 2.75) is 39.8 Å². The van der Waals surface area contributed by atoms with Crippen LogP contribution in [0.25, 0.3) is 0 Å². The quantitative estimate of drug-likeness (QED) is 0.780. The molecule has 0 fully saturated rings. The van der Waals surface area contributed by atoms with Crippen LogP contribution in [0.1, 0.15) is 39.3 Å². The van der Waals surface area contributed by atoms with Gasteiger partial charge < -0.3 is 19.5 Å². The van der Waals surface area contributed by atoms with Gasteiger partial charge in [-0.2, -0.15) is 10.1 Å². The zero-order chi connectivity index (χ0) is 19.6. The molecule has 2 heterocycles. The van der Waals surface area contributed by atoms with Crippen LogP contribution >= 0.6 is 0 Å². The van der Waals surface area contributed by atoms with Crippen molar-refractivity contribution in [2.24, 2.45) is 0 Å². The molecule has 0 saturated heterocycles. The third kappa shape index (κ3) is 3.47. The molecule has 1 aromatic carbocycles. The number of fused-ring (bicyclic) bond motifs is 1. The normalized spacial score (nSPS) is 16.0. The predicted molar refractivity (Wildman–Crippen MR) is 99.9 cm³/mol. The molecule has 2 aromatic rings. The second-order valence-electron chi connectivity index (χ2n) is 6.36. The first-order chi connectivity index (χ1) is 13.0. The molecule has 1 atom stereocenters. The van der Waals surface area contributed by atoms with Crippen molar-refractivity contribution in [3.63, 3.8) is 0 Å². The Balaban J connectivity index is 2.20. The van der Waals surface area contributed by atoms with Gasteiger partial charge >= 0.3 is 5.97 Å². The van der Waals surface area contributed by atoms with Crippen LogP contribution in [-0.2, 0) is 9.53 Å². The lowest BCUT2D eigenvalue weighted by Gasteiger charge is -2.30. The number of hydrogen-bond donors (Lipinski definition) is 1. The highest BCUT2D eigenvalue weighted by atomic mass is 16.5. The molecule has 144 valence electrons. The van der Waals surface area contributed by atoms with Gasteiger partial charge in [0.15, 0.2) is 11.5 Å². The summed E-state index contributed by atoms with van der Waals surface area (Å²) in [5.41, 5.74) is 1.87. The summed E-state index contributed by atoms with van der Waals surface area (Å²) in [5.74, 6) is 1.29. The van der Waals surface area contributed by atoms with Crippen LogP contribution in [0.5, 0.6) is 11.5 Å². The van der Waals surface area contributed by atoms with Gasteiger partial charge in [-0.3, -0.25) is 0 Å². The lowest BCUT2D eigenvalue weighted by Crippen LogP contribution is -2.31. The SMILES string of the molecule is CCOc1c(OC)cccc1[C@@H]1C(C(=O)OC(C)C)=C(C)Nc2ncnn21. The topological polar surface area (TPSA) is 87.5 Å². The summed E-state index contributed by atoms with van der Waals surface area (Å²) in [5, 5.41) is 7.44. The minimum absolute atomic E-state index is 0.243. The van der Waals surface area contributed by atoms with E-state index >= 15 is 0 Å². The molecule has 1 aromatic heterocycles. The smallest absolute Gasteiger partial charge is 0.338 e. The molecule has 1 N–H and O–H groups in total. The Morgan fingerprint density at radius 3 is 2.81 bits per heavy atom. The molecular formula is C19H24N4O4. The standard InChI is InChI=1S/C19H24N4O4/c1-6-26-17-13(8-7-9-14(17)25-5)16-15(18(24)27-11(2)3)12(4)22-19-20-10-21-23(16)19/h7-11,16H,6H2,1-5H3,(H,20,21,22)/t16-/m1/s1. The van der Waals surface area contributed by atoms with E-state index in [1.807, 2.05) is 45.9 Å². The molecule has 1 aliphatic rings. The first-order valence-corrected chi connectivity index (χ1v) is 8.85. The van der Waals surface area contributed by atoms with Gasteiger partial charge in [-0.15, -0.1) is 0 Å². The summed E-state index contributed by atoms with van der Waals surface area (Å²) in [6, 6.07) is 5.02. The van der Waals surface area contributed by atoms with E-state index in [-0.39, 0.29) is 6.10 Å². The third-order valence-electron chi connectivity index (χ3n) is 4.17. The third-order valence-corrected chi connectivity index (χ3v) is 4.17. The molecule has 27 heavy (non-hydrogen) atoms. The molecule has 0 saturated carbocycles. The van der Waals surface area contributed by atoms with Crippen molar-refractivity contribution in [3.05, 3.63) is 41.4 Å². The van der Waals surface area contributed by atoms with Crippen LogP contribution in [0.3, 0.4) is 0 Å². The van der Waals surface area contributed by atoms with Crippen molar-refractivity contribution in [1.29, 1.82) is 0 Å². The maximum Gasteiger partial charge on any atom is 0.338 e. The van der Waals surface area contributed by atoms with Crippen molar-refractivity contribution < 1.29 is 19.0 Å². The molecule has 0 unspecified atom stereocenters. The maximum atomic E-state index is 12.9. The fourth-order valence-corrected chi connectivity index (χ4v) is 3.13. The molecule has 3 rings (SSSR count). The average molecular weight is 372 g/mol. The molecule has 8 heteroatoms. The summed E-state index contributed by atoms with van der Waals surface area (Å²) in [4.78, 5) is 17.1. The van der Waals surface area contributed by atoms with E-state index in [1.54, 1.807) is 11.8 Å². The molecule has 0 bridgehead atoms. The number of methoxy groups -OCH3 is 1. The number of esters is 1. The molecule has 1 aliphatic heterocycles. The number of para-hydroxylation sites is 1. The highest BCUT2D eigenvalue weighted by Crippen LogP contribution is 2.42. The first-order valence-electron chi connectivity index (χ1n) is 8.85. The number of ether oxygens (including phenoxy) is 3. The number of carbonyl (C=O) groups excluding carboxylic acids is 1. The Kier molecular flexibility index (Phi) is 5.34. The first kappa shape index (κ1) is 18.8. The fourth-order valence-electron chi connectivity index (χ4n) is 3.13. The van der Waals surface area contributed by atoms with Gasteiger partial charge in [0.25, 0.3) is 0 Å². The van der Waals surface area contributed by atoms with Crippen LogP contribution < -0.4 is 14.8 Å². The van der Waals surface area contributed by atoms with Crippen molar-refractivity contribution in [1.82, 2.24) is 14.8 Å². The minimum Gasteiger partial charge on any atom is -0.493 e. The van der Waals surface area contributed by atoms with Crippen molar-refractivity contribution in [2.75, 3.05) is 19.0 Å². The Morgan fingerprint density at radius 1 is 1.37 bits per heavy atom. The van der Waals surface area contributed by atoms with Gasteiger partial charge in [-0.05, 0) is 33.8 Å². The average Bonchev–Trinajstić information content (AvgIpc) is 3.08. The van der Waals surface area contributed by atoms with Gasteiger partial charge in [-0.25, -0.2) is 9.48 Å². The number of nitrogens with one attached hydrogen (secondary N) is 1. The van der Waals surface area contributed by atoms with Crippen molar-refractivity contribution >= 4 is 11.9 Å². The second-order valence-corrected chi connectivity index (χ2v) is 6.36. The largest absolute Gasteiger partial charge is 0.493 e. The van der Waals surface area contributed by atoms with E-state index in [2.05, 4.69) is 15.4 Å². The molecule has 0 spiro atoms. The van der Waals surface area contributed by atoms with Gasteiger partial charge in [0.2, 0.25) is 5.95 Å². The number of nitrogens with zero attached hydrogens (tertiary/aromatic N) is 3. The number of aromatic nitrogens is 3. The molecule has 8 nitrogen and oxygen atoms in total. The van der Waals surface area contributed by atoms with Crippen LogP contribution in [0, 0.1) is 0 Å². The maximum absolute atomic E-state index is 12.9. The number of anilines is 1. The van der Waals surface area contributed by atoms with E-state index in [1.165, 1.54) is 6.33 Å². The molecule has 0 aliphatic carbocycles. The predicted octanol–water partition coefficient (Wildman–Crippen LogP) is 2.93. The Hall–Kier alpha value is -3.03. The Bertz CT molecular complexity index is 872. The van der Waals surface area contributed by atoms with E-state index in [4.69, 9.17) is 14.2 Å². The van der Waals surface area contributed by atoms with E-state index in [0.29, 0.717) is 35.3 Å². The van der Waals surface area contributed by atoms with Gasteiger partial charge in [0.1, 0.15) is 12.4 Å². The van der Waals surface area contributed by atoms with E-state index in [0.717, 1.165) is 5.56 Å². The number of carbonyl (C=O) groups is 1. The number of allylic oxidation sites excluding steroid dienone is 1. The minimum atomic E-state index is -0.549. The Morgan fingerprint density at radius 2 is 2.15 bits per heavy atom. The molecular weight excluding hydrogens is 348 g/mol. The van der Waals surface area contributed by atoms with Gasteiger partial charge in [-0.1, -0.05) is 12.1 Å². The summed E-state index contributed by atoms with van der Waals surface area (Å²) < 4.78 is 18.5. The molecule has 0 radical (unpaired) electrons.